The van der Waals surface area contributed by atoms with Gasteiger partial charge in [-0.15, -0.1) is 0 Å². The quantitative estimate of drug-likeness (QED) is 0.845. The van der Waals surface area contributed by atoms with Gasteiger partial charge in [0.1, 0.15) is 0 Å². The minimum atomic E-state index is -0.596. The van der Waals surface area contributed by atoms with E-state index >= 15 is 0 Å². The predicted molar refractivity (Wildman–Crippen MR) is 75.8 cm³/mol. The van der Waals surface area contributed by atoms with E-state index in [0.29, 0.717) is 5.56 Å². The van der Waals surface area contributed by atoms with Gasteiger partial charge in [-0.2, -0.15) is 0 Å². The van der Waals surface area contributed by atoms with Crippen molar-refractivity contribution < 1.29 is 13.9 Å². The predicted octanol–water partition coefficient (Wildman–Crippen LogP) is 1.54. The molecule has 3 aliphatic rings. The Morgan fingerprint density at radius 1 is 1.48 bits per heavy atom. The van der Waals surface area contributed by atoms with Crippen molar-refractivity contribution in [2.24, 2.45) is 0 Å². The highest BCUT2D eigenvalue weighted by atomic mass is 19.1. The molecule has 0 N–H and O–H groups in total. The summed E-state index contributed by atoms with van der Waals surface area (Å²) in [6.45, 7) is 5.08. The van der Waals surface area contributed by atoms with Crippen molar-refractivity contribution in [1.29, 1.82) is 0 Å². The Labute approximate surface area is 123 Å². The number of hydrogen-bond acceptors (Lipinski definition) is 4. The number of pyridine rings is 1. The van der Waals surface area contributed by atoms with Gasteiger partial charge in [0.25, 0.3) is 5.91 Å². The van der Waals surface area contributed by atoms with Gasteiger partial charge in [0.05, 0.1) is 12.7 Å². The second-order valence-corrected chi connectivity index (χ2v) is 5.73. The summed E-state index contributed by atoms with van der Waals surface area (Å²) in [7, 11) is 1.36. The molecule has 4 rings (SSSR count). The molecule has 1 aromatic heterocycles. The lowest BCUT2D eigenvalue weighted by molar-refractivity contribution is -0.0473. The molecule has 114 valence electrons. The number of rotatable bonds is 4. The van der Waals surface area contributed by atoms with Gasteiger partial charge in [0.15, 0.2) is 5.82 Å². The zero-order valence-corrected chi connectivity index (χ0v) is 12.4. The lowest BCUT2D eigenvalue weighted by atomic mass is 9.86. The van der Waals surface area contributed by atoms with Crippen molar-refractivity contribution in [1.82, 2.24) is 14.8 Å². The normalized spacial score (nSPS) is 24.6. The van der Waals surface area contributed by atoms with Crippen molar-refractivity contribution >= 4 is 5.91 Å². The molecule has 1 amide bonds. The molecular weight excluding hydrogens is 273 g/mol. The van der Waals surface area contributed by atoms with E-state index in [1.807, 2.05) is 4.90 Å². The molecular formula is C15H20FN3O2. The molecule has 0 aromatic carbocycles. The maximum absolute atomic E-state index is 13.7. The van der Waals surface area contributed by atoms with Crippen LogP contribution in [0.4, 0.5) is 4.39 Å². The average Bonchev–Trinajstić information content (AvgIpc) is 2.47. The number of methoxy groups -OCH3 is 1. The van der Waals surface area contributed by atoms with Crippen LogP contribution < -0.4 is 4.74 Å². The van der Waals surface area contributed by atoms with Gasteiger partial charge in [0, 0.05) is 31.4 Å². The van der Waals surface area contributed by atoms with Crippen LogP contribution >= 0.6 is 0 Å². The second-order valence-electron chi connectivity index (χ2n) is 5.73. The summed E-state index contributed by atoms with van der Waals surface area (Å²) >= 11 is 0. The number of piperazine rings is 1. The maximum Gasteiger partial charge on any atom is 0.256 e. The van der Waals surface area contributed by atoms with Crippen LogP contribution in [0, 0.1) is 5.82 Å². The number of nitrogens with zero attached hydrogens (tertiary/aromatic N) is 3. The summed E-state index contributed by atoms with van der Waals surface area (Å²) in [5.41, 5.74) is 0.298. The fraction of sp³-hybridized carbons (Fsp3) is 0.600. The number of carbonyl (C=O) groups is 1. The summed E-state index contributed by atoms with van der Waals surface area (Å²) in [4.78, 5) is 20.6. The SMILES string of the molecule is CCCN1CC2CC(C1)N2C(=O)c1cnc(OC)c(F)c1. The Bertz CT molecular complexity index is 540. The first-order valence-corrected chi connectivity index (χ1v) is 7.38. The number of carbonyl (C=O) groups excluding carboxylic acids is 1. The third-order valence-electron chi connectivity index (χ3n) is 4.29. The Morgan fingerprint density at radius 2 is 2.19 bits per heavy atom. The Kier molecular flexibility index (Phi) is 3.80. The van der Waals surface area contributed by atoms with Crippen LogP contribution in [0.2, 0.25) is 0 Å². The largest absolute Gasteiger partial charge is 0.479 e. The first-order valence-electron chi connectivity index (χ1n) is 7.38. The standard InChI is InChI=1S/C15H20FN3O2/c1-3-4-18-8-11-6-12(9-18)19(11)15(20)10-5-13(16)14(21-2)17-7-10/h5,7,11-12H,3-4,6,8-9H2,1-2H3. The fourth-order valence-electron chi connectivity index (χ4n) is 3.37. The van der Waals surface area contributed by atoms with Crippen LogP contribution in [0.5, 0.6) is 5.88 Å². The van der Waals surface area contributed by atoms with Gasteiger partial charge in [0.2, 0.25) is 5.88 Å². The minimum Gasteiger partial charge on any atom is -0.479 e. The highest BCUT2D eigenvalue weighted by Gasteiger charge is 2.47. The summed E-state index contributed by atoms with van der Waals surface area (Å²) in [6, 6.07) is 1.73. The van der Waals surface area contributed by atoms with E-state index in [4.69, 9.17) is 4.74 Å². The number of hydrogen-bond donors (Lipinski definition) is 0. The maximum atomic E-state index is 13.7. The Balaban J connectivity index is 1.71. The molecule has 21 heavy (non-hydrogen) atoms. The van der Waals surface area contributed by atoms with Crippen molar-refractivity contribution in [3.63, 3.8) is 0 Å². The molecule has 0 radical (unpaired) electrons. The summed E-state index contributed by atoms with van der Waals surface area (Å²) in [6.07, 6.45) is 3.57. The minimum absolute atomic E-state index is 0.0792. The van der Waals surface area contributed by atoms with Crippen molar-refractivity contribution in [3.8, 4) is 5.88 Å². The van der Waals surface area contributed by atoms with Crippen LogP contribution in [-0.4, -0.2) is 59.5 Å². The van der Waals surface area contributed by atoms with E-state index in [9.17, 15) is 9.18 Å². The Hall–Kier alpha value is -1.69. The lowest BCUT2D eigenvalue weighted by Gasteiger charge is -2.56. The molecule has 6 heteroatoms. The van der Waals surface area contributed by atoms with Gasteiger partial charge in [-0.1, -0.05) is 6.92 Å². The monoisotopic (exact) mass is 293 g/mol. The molecule has 3 aliphatic heterocycles. The van der Waals surface area contributed by atoms with E-state index in [-0.39, 0.29) is 23.9 Å². The molecule has 0 spiro atoms. The summed E-state index contributed by atoms with van der Waals surface area (Å²) in [5, 5.41) is 0. The van der Waals surface area contributed by atoms with E-state index in [1.54, 1.807) is 0 Å². The van der Waals surface area contributed by atoms with Gasteiger partial charge in [-0.3, -0.25) is 9.69 Å². The molecule has 2 unspecified atom stereocenters. The molecule has 3 saturated heterocycles. The average molecular weight is 293 g/mol. The van der Waals surface area contributed by atoms with Crippen LogP contribution in [-0.2, 0) is 0 Å². The van der Waals surface area contributed by atoms with Crippen LogP contribution in [0.15, 0.2) is 12.3 Å². The fourth-order valence-corrected chi connectivity index (χ4v) is 3.37. The number of ether oxygens (including phenoxy) is 1. The highest BCUT2D eigenvalue weighted by molar-refractivity contribution is 5.95. The van der Waals surface area contributed by atoms with E-state index in [2.05, 4.69) is 16.8 Å². The number of fused-ring (bicyclic) bond motifs is 2. The second kappa shape index (κ2) is 5.60. The van der Waals surface area contributed by atoms with Crippen LogP contribution in [0.1, 0.15) is 30.1 Å². The van der Waals surface area contributed by atoms with E-state index < -0.39 is 5.82 Å². The first-order chi connectivity index (χ1) is 10.1. The van der Waals surface area contributed by atoms with Gasteiger partial charge >= 0.3 is 0 Å². The van der Waals surface area contributed by atoms with Crippen LogP contribution in [0.25, 0.3) is 0 Å². The third kappa shape index (κ3) is 2.48. The topological polar surface area (TPSA) is 45.7 Å². The molecule has 2 atom stereocenters. The van der Waals surface area contributed by atoms with E-state index in [0.717, 1.165) is 32.5 Å². The summed E-state index contributed by atoms with van der Waals surface area (Å²) < 4.78 is 18.5. The number of halogens is 1. The van der Waals surface area contributed by atoms with Crippen molar-refractivity contribution in [3.05, 3.63) is 23.6 Å². The smallest absolute Gasteiger partial charge is 0.256 e. The molecule has 2 bridgehead atoms. The molecule has 4 heterocycles. The zero-order chi connectivity index (χ0) is 15.0. The van der Waals surface area contributed by atoms with E-state index in [1.165, 1.54) is 19.4 Å². The van der Waals surface area contributed by atoms with Gasteiger partial charge < -0.3 is 9.64 Å². The van der Waals surface area contributed by atoms with Gasteiger partial charge in [-0.25, -0.2) is 9.37 Å². The summed E-state index contributed by atoms with van der Waals surface area (Å²) in [5.74, 6) is -0.799. The number of piperidine rings is 1. The number of aromatic nitrogens is 1. The molecule has 3 fully saturated rings. The van der Waals surface area contributed by atoms with Crippen molar-refractivity contribution in [2.75, 3.05) is 26.7 Å². The van der Waals surface area contributed by atoms with Crippen molar-refractivity contribution in [2.45, 2.75) is 31.8 Å². The molecule has 0 saturated carbocycles. The molecule has 5 nitrogen and oxygen atoms in total. The third-order valence-corrected chi connectivity index (χ3v) is 4.29. The van der Waals surface area contributed by atoms with Gasteiger partial charge in [-0.05, 0) is 25.5 Å². The molecule has 0 aliphatic carbocycles. The zero-order valence-electron chi connectivity index (χ0n) is 12.4. The first kappa shape index (κ1) is 14.3. The number of amides is 1. The molecule has 1 aromatic rings. The van der Waals surface area contributed by atoms with Crippen LogP contribution in [0.3, 0.4) is 0 Å². The highest BCUT2D eigenvalue weighted by Crippen LogP contribution is 2.33. The lowest BCUT2D eigenvalue weighted by Crippen LogP contribution is -2.70. The Morgan fingerprint density at radius 3 is 2.76 bits per heavy atom.